The number of carbonyl (C=O) groups is 1. The lowest BCUT2D eigenvalue weighted by Crippen LogP contribution is -2.29. The van der Waals surface area contributed by atoms with E-state index in [-0.39, 0.29) is 0 Å². The Kier molecular flexibility index (Phi) is 4.68. The second-order valence-electron chi connectivity index (χ2n) is 5.14. The molecule has 24 heavy (non-hydrogen) atoms. The molecule has 118 valence electrons. The van der Waals surface area contributed by atoms with Crippen molar-refractivity contribution in [2.45, 2.75) is 0 Å². The van der Waals surface area contributed by atoms with Crippen LogP contribution in [-0.4, -0.2) is 16.9 Å². The molecule has 4 heteroatoms. The van der Waals surface area contributed by atoms with Gasteiger partial charge < -0.3 is 5.21 Å². The Morgan fingerprint density at radius 1 is 0.750 bits per heavy atom. The molecule has 0 saturated carbocycles. The molecule has 0 fully saturated rings. The van der Waals surface area contributed by atoms with Gasteiger partial charge in [0.1, 0.15) is 0 Å². The molecule has 0 aliphatic carbocycles. The fourth-order valence-corrected chi connectivity index (χ4v) is 2.37. The summed E-state index contributed by atoms with van der Waals surface area (Å²) < 4.78 is 0.585. The maximum absolute atomic E-state index is 12.8. The Balaban J connectivity index is 1.99. The topological polar surface area (TPSA) is 46.4 Å². The summed E-state index contributed by atoms with van der Waals surface area (Å²) in [6.07, 6.45) is 1.05. The van der Waals surface area contributed by atoms with Gasteiger partial charge in [0.05, 0.1) is 0 Å². The third-order valence-corrected chi connectivity index (χ3v) is 3.49. The zero-order chi connectivity index (χ0) is 16.8. The van der Waals surface area contributed by atoms with Crippen LogP contribution in [0.2, 0.25) is 0 Å². The van der Waals surface area contributed by atoms with Crippen molar-refractivity contribution in [3.63, 3.8) is 0 Å². The summed E-state index contributed by atoms with van der Waals surface area (Å²) in [6, 6.07) is 27.1. The molecule has 3 rings (SSSR count). The van der Waals surface area contributed by atoms with Gasteiger partial charge in [0.25, 0.3) is 0 Å². The van der Waals surface area contributed by atoms with E-state index in [1.807, 2.05) is 66.7 Å². The molecule has 0 aliphatic heterocycles. The van der Waals surface area contributed by atoms with Crippen molar-refractivity contribution < 1.29 is 9.53 Å². The van der Waals surface area contributed by atoms with Crippen molar-refractivity contribution >= 4 is 29.2 Å². The third kappa shape index (κ3) is 3.50. The molecule has 0 radical (unpaired) electrons. The van der Waals surface area contributed by atoms with Gasteiger partial charge in [-0.05, 0) is 24.3 Å². The highest BCUT2D eigenvalue weighted by Crippen LogP contribution is 2.24. The summed E-state index contributed by atoms with van der Waals surface area (Å²) >= 11 is 0. The number of para-hydroxylation sites is 3. The van der Waals surface area contributed by atoms with Crippen LogP contribution in [0.25, 0.3) is 0 Å². The quantitative estimate of drug-likeness (QED) is 0.312. The van der Waals surface area contributed by atoms with Crippen LogP contribution >= 0.6 is 0 Å². The van der Waals surface area contributed by atoms with Crippen molar-refractivity contribution in [1.29, 1.82) is 0 Å². The van der Waals surface area contributed by atoms with Gasteiger partial charge >= 0.3 is 5.91 Å². The first-order chi connectivity index (χ1) is 11.8. The largest absolute Gasteiger partial charge is 0.618 e. The Hall–Kier alpha value is -3.40. The van der Waals surface area contributed by atoms with Gasteiger partial charge in [0.15, 0.2) is 0 Å². The molecule has 0 saturated heterocycles. The Morgan fingerprint density at radius 2 is 1.17 bits per heavy atom. The zero-order valence-corrected chi connectivity index (χ0v) is 12.9. The minimum absolute atomic E-state index is 0.409. The number of carbonyl (C=O) groups excluding carboxylic acids is 1. The van der Waals surface area contributed by atoms with Crippen molar-refractivity contribution in [3.05, 3.63) is 96.2 Å². The van der Waals surface area contributed by atoms with E-state index in [1.165, 1.54) is 4.90 Å². The van der Waals surface area contributed by atoms with E-state index < -0.39 is 5.91 Å². The molecule has 0 atom stereocenters. The summed E-state index contributed by atoms with van der Waals surface area (Å²) in [5, 5.41) is 12.2. The van der Waals surface area contributed by atoms with E-state index in [4.69, 9.17) is 0 Å². The summed E-state index contributed by atoms with van der Waals surface area (Å²) in [6.45, 7) is 0. The number of amides is 1. The number of hydrogen-bond acceptors (Lipinski definition) is 2. The SMILES string of the molecule is O=C(/C=[N+](\[O-])c1ccccc1)N(c1ccccc1)c1ccccc1. The molecule has 0 aliphatic rings. The van der Waals surface area contributed by atoms with Gasteiger partial charge in [-0.2, -0.15) is 4.74 Å². The molecule has 0 unspecified atom stereocenters. The molecule has 0 heterocycles. The Labute approximate surface area is 140 Å². The highest BCUT2D eigenvalue weighted by molar-refractivity contribution is 6.33. The average molecular weight is 316 g/mol. The second-order valence-corrected chi connectivity index (χ2v) is 5.14. The number of hydrogen-bond donors (Lipinski definition) is 0. The lowest BCUT2D eigenvalue weighted by molar-refractivity contribution is -0.354. The second kappa shape index (κ2) is 7.24. The fourth-order valence-electron chi connectivity index (χ4n) is 2.37. The molecular formula is C20H16N2O2. The molecule has 0 spiro atoms. The van der Waals surface area contributed by atoms with Crippen LogP contribution in [0.1, 0.15) is 0 Å². The molecule has 0 N–H and O–H groups in total. The van der Waals surface area contributed by atoms with Crippen molar-refractivity contribution in [1.82, 2.24) is 0 Å². The standard InChI is InChI=1S/C20H16N2O2/c23-20(16-21(24)17-10-4-1-5-11-17)22(18-12-6-2-7-13-18)19-14-8-3-9-15-19/h1-16H/b21-16-. The van der Waals surface area contributed by atoms with Crippen LogP contribution < -0.4 is 4.90 Å². The molecule has 4 nitrogen and oxygen atoms in total. The van der Waals surface area contributed by atoms with E-state index in [0.717, 1.165) is 6.21 Å². The van der Waals surface area contributed by atoms with Crippen LogP contribution in [-0.2, 0) is 4.79 Å². The van der Waals surface area contributed by atoms with Crippen LogP contribution in [0.3, 0.4) is 0 Å². The third-order valence-electron chi connectivity index (χ3n) is 3.49. The normalized spacial score (nSPS) is 11.1. The van der Waals surface area contributed by atoms with Crippen molar-refractivity contribution in [2.75, 3.05) is 4.90 Å². The highest BCUT2D eigenvalue weighted by Gasteiger charge is 2.19. The van der Waals surface area contributed by atoms with Gasteiger partial charge in [-0.1, -0.05) is 54.6 Å². The molecule has 3 aromatic carbocycles. The highest BCUT2D eigenvalue weighted by atomic mass is 16.5. The summed E-state index contributed by atoms with van der Waals surface area (Å²) in [5.41, 5.74) is 1.81. The van der Waals surface area contributed by atoms with E-state index in [2.05, 4.69) is 0 Å². The first-order valence-corrected chi connectivity index (χ1v) is 7.56. The fraction of sp³-hybridized carbons (Fsp3) is 0. The number of anilines is 2. The van der Waals surface area contributed by atoms with Gasteiger partial charge in [-0.15, -0.1) is 0 Å². The monoisotopic (exact) mass is 316 g/mol. The molecule has 0 aromatic heterocycles. The van der Waals surface area contributed by atoms with Gasteiger partial charge in [-0.25, -0.2) is 0 Å². The minimum atomic E-state index is -0.411. The average Bonchev–Trinajstić information content (AvgIpc) is 2.64. The lowest BCUT2D eigenvalue weighted by atomic mass is 10.2. The predicted octanol–water partition coefficient (Wildman–Crippen LogP) is 4.26. The van der Waals surface area contributed by atoms with Crippen LogP contribution in [0, 0.1) is 5.21 Å². The van der Waals surface area contributed by atoms with Gasteiger partial charge in [0.2, 0.25) is 11.9 Å². The van der Waals surface area contributed by atoms with Crippen molar-refractivity contribution in [2.24, 2.45) is 0 Å². The van der Waals surface area contributed by atoms with Gasteiger partial charge in [-0.3, -0.25) is 9.69 Å². The van der Waals surface area contributed by atoms with Crippen LogP contribution in [0.4, 0.5) is 17.1 Å². The van der Waals surface area contributed by atoms with E-state index in [1.54, 1.807) is 24.3 Å². The Morgan fingerprint density at radius 3 is 1.62 bits per heavy atom. The molecule has 0 bridgehead atoms. The van der Waals surface area contributed by atoms with E-state index >= 15 is 0 Å². The summed E-state index contributed by atoms with van der Waals surface area (Å²) in [4.78, 5) is 14.3. The zero-order valence-electron chi connectivity index (χ0n) is 12.9. The minimum Gasteiger partial charge on any atom is -0.618 e. The van der Waals surface area contributed by atoms with E-state index in [0.29, 0.717) is 21.8 Å². The number of rotatable bonds is 4. The maximum Gasteiger partial charge on any atom is 0.321 e. The van der Waals surface area contributed by atoms with Crippen LogP contribution in [0.5, 0.6) is 0 Å². The van der Waals surface area contributed by atoms with Gasteiger partial charge in [0, 0.05) is 23.5 Å². The predicted molar refractivity (Wildman–Crippen MR) is 95.8 cm³/mol. The van der Waals surface area contributed by atoms with Crippen molar-refractivity contribution in [3.8, 4) is 0 Å². The van der Waals surface area contributed by atoms with Crippen LogP contribution in [0.15, 0.2) is 91.0 Å². The number of nitrogens with zero attached hydrogens (tertiary/aromatic N) is 2. The Bertz CT molecular complexity index is 792. The summed E-state index contributed by atoms with van der Waals surface area (Å²) in [7, 11) is 0. The molecule has 3 aromatic rings. The number of benzene rings is 3. The molecule has 1 amide bonds. The smallest absolute Gasteiger partial charge is 0.321 e. The molecular weight excluding hydrogens is 300 g/mol. The first-order valence-electron chi connectivity index (χ1n) is 7.56. The maximum atomic E-state index is 12.8. The lowest BCUT2D eigenvalue weighted by Gasteiger charge is -2.20. The summed E-state index contributed by atoms with van der Waals surface area (Å²) in [5.74, 6) is -0.411. The first kappa shape index (κ1) is 15.5. The van der Waals surface area contributed by atoms with E-state index in [9.17, 15) is 10.0 Å².